The van der Waals surface area contributed by atoms with Crippen LogP contribution < -0.4 is 4.90 Å². The van der Waals surface area contributed by atoms with Crippen LogP contribution in [0.15, 0.2) is 197 Å². The van der Waals surface area contributed by atoms with Crippen molar-refractivity contribution in [3.05, 3.63) is 188 Å². The molecule has 0 radical (unpaired) electrons. The molecule has 0 unspecified atom stereocenters. The van der Waals surface area contributed by atoms with Gasteiger partial charge < -0.3 is 13.7 Å². The van der Waals surface area contributed by atoms with Gasteiger partial charge in [-0.05, 0) is 99.1 Å². The normalized spacial score (nSPS) is 11.8. The molecule has 2 heterocycles. The van der Waals surface area contributed by atoms with Gasteiger partial charge in [0, 0.05) is 44.0 Å². The largest absolute Gasteiger partial charge is 0.456 e. The van der Waals surface area contributed by atoms with Gasteiger partial charge in [-0.2, -0.15) is 0 Å². The van der Waals surface area contributed by atoms with E-state index in [1.165, 1.54) is 33.0 Å². The minimum absolute atomic E-state index is 0.843. The number of nitrogens with zero attached hydrogens (tertiary/aromatic N) is 1. The van der Waals surface area contributed by atoms with E-state index in [0.29, 0.717) is 0 Å². The Morgan fingerprint density at radius 3 is 1.77 bits per heavy atom. The van der Waals surface area contributed by atoms with Crippen molar-refractivity contribution < 1.29 is 8.83 Å². The maximum Gasteiger partial charge on any atom is 0.143 e. The highest BCUT2D eigenvalue weighted by Gasteiger charge is 2.20. The predicted octanol–water partition coefficient (Wildman–Crippen LogP) is 14.6. The third-order valence-electron chi connectivity index (χ3n) is 10.6. The zero-order chi connectivity index (χ0) is 34.9. The zero-order valence-electron chi connectivity index (χ0n) is 28.7. The van der Waals surface area contributed by atoms with Crippen molar-refractivity contribution in [2.75, 3.05) is 4.90 Å². The highest BCUT2D eigenvalue weighted by molar-refractivity contribution is 6.28. The van der Waals surface area contributed by atoms with Crippen molar-refractivity contribution in [2.45, 2.75) is 0 Å². The van der Waals surface area contributed by atoms with Crippen molar-refractivity contribution in [1.29, 1.82) is 0 Å². The maximum atomic E-state index is 6.59. The number of benzene rings is 9. The Hall–Kier alpha value is -7.10. The lowest BCUT2D eigenvalue weighted by Crippen LogP contribution is -2.10. The summed E-state index contributed by atoms with van der Waals surface area (Å²) in [5.41, 5.74) is 11.4. The van der Waals surface area contributed by atoms with Crippen molar-refractivity contribution >= 4 is 82.5 Å². The van der Waals surface area contributed by atoms with E-state index < -0.39 is 0 Å². The first kappa shape index (κ1) is 29.6. The summed E-state index contributed by atoms with van der Waals surface area (Å²) in [5, 5.41) is 9.03. The fraction of sp³-hybridized carbons (Fsp3) is 0. The molecule has 0 spiro atoms. The lowest BCUT2D eigenvalue weighted by Gasteiger charge is -2.26. The Bertz CT molecular complexity index is 3160. The molecule has 0 N–H and O–H groups in total. The lowest BCUT2D eigenvalue weighted by molar-refractivity contribution is 0.664. The summed E-state index contributed by atoms with van der Waals surface area (Å²) >= 11 is 0. The summed E-state index contributed by atoms with van der Waals surface area (Å²) in [4.78, 5) is 2.35. The fourth-order valence-electron chi connectivity index (χ4n) is 8.16. The van der Waals surface area contributed by atoms with Crippen LogP contribution in [0, 0.1) is 0 Å². The third kappa shape index (κ3) is 4.75. The molecule has 0 aliphatic rings. The van der Waals surface area contributed by atoms with E-state index in [9.17, 15) is 0 Å². The van der Waals surface area contributed by atoms with Gasteiger partial charge in [0.15, 0.2) is 0 Å². The van der Waals surface area contributed by atoms with Crippen LogP contribution in [-0.4, -0.2) is 0 Å². The van der Waals surface area contributed by atoms with Crippen molar-refractivity contribution in [2.24, 2.45) is 0 Å². The number of furan rings is 2. The minimum atomic E-state index is 0.843. The van der Waals surface area contributed by atoms with Crippen molar-refractivity contribution in [3.63, 3.8) is 0 Å². The Morgan fingerprint density at radius 2 is 0.925 bits per heavy atom. The monoisotopic (exact) mass is 677 g/mol. The van der Waals surface area contributed by atoms with Gasteiger partial charge in [0.1, 0.15) is 22.3 Å². The second-order valence-corrected chi connectivity index (χ2v) is 13.7. The summed E-state index contributed by atoms with van der Waals surface area (Å²) in [6.45, 7) is 0. The first-order valence-corrected chi connectivity index (χ1v) is 18.0. The van der Waals surface area contributed by atoms with Crippen LogP contribution in [0.4, 0.5) is 17.1 Å². The van der Waals surface area contributed by atoms with Gasteiger partial charge in [0.25, 0.3) is 0 Å². The molecule has 2 aromatic heterocycles. The molecule has 0 fully saturated rings. The zero-order valence-corrected chi connectivity index (χ0v) is 28.7. The number of hydrogen-bond acceptors (Lipinski definition) is 3. The van der Waals surface area contributed by atoms with Crippen LogP contribution in [-0.2, 0) is 0 Å². The number of hydrogen-bond donors (Lipinski definition) is 0. The fourth-order valence-corrected chi connectivity index (χ4v) is 8.16. The van der Waals surface area contributed by atoms with Gasteiger partial charge >= 0.3 is 0 Å². The second kappa shape index (κ2) is 11.7. The molecule has 0 saturated heterocycles. The van der Waals surface area contributed by atoms with Gasteiger partial charge in [-0.3, -0.25) is 0 Å². The molecule has 11 rings (SSSR count). The van der Waals surface area contributed by atoms with E-state index in [2.05, 4.69) is 181 Å². The van der Waals surface area contributed by atoms with Crippen LogP contribution in [0.25, 0.3) is 87.7 Å². The van der Waals surface area contributed by atoms with Gasteiger partial charge in [0.2, 0.25) is 0 Å². The van der Waals surface area contributed by atoms with Crippen LogP contribution in [0.5, 0.6) is 0 Å². The SMILES string of the molecule is c1ccc(-c2ccc(N(c3cccc(-c4cccc5ccccc45)c3)c3ccc4oc5ccc6oc7c8ccccc8ccc7c6c5c4c3)cc2)cc1. The first-order chi connectivity index (χ1) is 26.3. The Kier molecular flexibility index (Phi) is 6.55. The van der Waals surface area contributed by atoms with Crippen LogP contribution in [0.1, 0.15) is 0 Å². The predicted molar refractivity (Wildman–Crippen MR) is 222 cm³/mol. The highest BCUT2D eigenvalue weighted by Crippen LogP contribution is 2.45. The topological polar surface area (TPSA) is 29.5 Å². The molecule has 0 amide bonds. The molecule has 248 valence electrons. The molecular formula is C50H31NO2. The summed E-state index contributed by atoms with van der Waals surface area (Å²) in [6, 6.07) is 66.8. The molecule has 0 aliphatic carbocycles. The van der Waals surface area contributed by atoms with Gasteiger partial charge in [0.05, 0.1) is 0 Å². The molecule has 0 aliphatic heterocycles. The highest BCUT2D eigenvalue weighted by atomic mass is 16.3. The quantitative estimate of drug-likeness (QED) is 0.182. The van der Waals surface area contributed by atoms with Crippen molar-refractivity contribution in [1.82, 2.24) is 0 Å². The molecule has 0 saturated carbocycles. The summed E-state index contributed by atoms with van der Waals surface area (Å²) < 4.78 is 13.1. The number of anilines is 3. The van der Waals surface area contributed by atoms with E-state index in [4.69, 9.17) is 8.83 Å². The summed E-state index contributed by atoms with van der Waals surface area (Å²) in [6.07, 6.45) is 0. The van der Waals surface area contributed by atoms with Gasteiger partial charge in [-0.1, -0.05) is 127 Å². The van der Waals surface area contributed by atoms with Crippen LogP contribution in [0.3, 0.4) is 0 Å². The maximum absolute atomic E-state index is 6.59. The average molecular weight is 678 g/mol. The molecular weight excluding hydrogens is 647 g/mol. The third-order valence-corrected chi connectivity index (χ3v) is 10.6. The van der Waals surface area contributed by atoms with Gasteiger partial charge in [-0.25, -0.2) is 0 Å². The van der Waals surface area contributed by atoms with E-state index in [0.717, 1.165) is 71.7 Å². The molecule has 53 heavy (non-hydrogen) atoms. The lowest BCUT2D eigenvalue weighted by atomic mass is 9.97. The molecule has 3 nitrogen and oxygen atoms in total. The number of rotatable bonds is 5. The molecule has 11 aromatic rings. The van der Waals surface area contributed by atoms with Crippen LogP contribution in [0.2, 0.25) is 0 Å². The van der Waals surface area contributed by atoms with E-state index >= 15 is 0 Å². The number of fused-ring (bicyclic) bond motifs is 10. The molecule has 0 atom stereocenters. The summed E-state index contributed by atoms with van der Waals surface area (Å²) in [7, 11) is 0. The second-order valence-electron chi connectivity index (χ2n) is 13.7. The minimum Gasteiger partial charge on any atom is -0.456 e. The Balaban J connectivity index is 1.13. The Morgan fingerprint density at radius 1 is 0.321 bits per heavy atom. The van der Waals surface area contributed by atoms with Gasteiger partial charge in [-0.15, -0.1) is 0 Å². The first-order valence-electron chi connectivity index (χ1n) is 18.0. The molecule has 3 heteroatoms. The standard InChI is InChI=1S/C50H31NO2/c1-2-10-32(11-3-1)33-20-23-37(24-21-33)51(38-16-8-15-36(30-38)41-19-9-14-34-12-4-6-17-40(34)41)39-25-27-45-44(31-39)49-46(52-45)28-29-47-48(49)43-26-22-35-13-5-7-18-42(35)50(43)53-47/h1-31H. The molecule has 9 aromatic carbocycles. The Labute approximate surface area is 305 Å². The van der Waals surface area contributed by atoms with E-state index in [1.54, 1.807) is 0 Å². The van der Waals surface area contributed by atoms with E-state index in [-0.39, 0.29) is 0 Å². The van der Waals surface area contributed by atoms with Crippen molar-refractivity contribution in [3.8, 4) is 22.3 Å². The molecule has 0 bridgehead atoms. The average Bonchev–Trinajstić information content (AvgIpc) is 3.80. The van der Waals surface area contributed by atoms with E-state index in [1.807, 2.05) is 12.1 Å². The van der Waals surface area contributed by atoms with Crippen LogP contribution >= 0.6 is 0 Å². The summed E-state index contributed by atoms with van der Waals surface area (Å²) in [5.74, 6) is 0. The smallest absolute Gasteiger partial charge is 0.143 e.